The largest absolute Gasteiger partial charge is 0.508 e. The topological polar surface area (TPSA) is 260 Å². The fourth-order valence-corrected chi connectivity index (χ4v) is 10.8. The van der Waals surface area contributed by atoms with Crippen LogP contribution in [0, 0.1) is 14.3 Å². The van der Waals surface area contributed by atoms with E-state index in [0.29, 0.717) is 17.2 Å². The number of para-hydroxylation sites is 1. The van der Waals surface area contributed by atoms with Gasteiger partial charge in [-0.25, -0.2) is 4.98 Å². The summed E-state index contributed by atoms with van der Waals surface area (Å²) in [6, 6.07) is 40.7. The lowest BCUT2D eigenvalue weighted by atomic mass is 10.1. The Morgan fingerprint density at radius 1 is 0.494 bits per heavy atom. The lowest BCUT2D eigenvalue weighted by molar-refractivity contribution is 0.403. The lowest BCUT2D eigenvalue weighted by Gasteiger charge is -2.13. The number of hydrogen-bond acceptors (Lipinski definition) is 10. The van der Waals surface area contributed by atoms with Crippen molar-refractivity contribution in [2.24, 2.45) is 16.5 Å². The molecule has 9 rings (SSSR count). The van der Waals surface area contributed by atoms with Gasteiger partial charge in [0.2, 0.25) is 0 Å². The van der Waals surface area contributed by atoms with E-state index in [0.717, 1.165) is 101 Å². The number of nitrogens with two attached hydrogens (primary N) is 2. The monoisotopic (exact) mass is 1670 g/mol. The van der Waals surface area contributed by atoms with E-state index in [1.54, 1.807) is 54.9 Å². The van der Waals surface area contributed by atoms with Crippen LogP contribution in [0.2, 0.25) is 0 Å². The maximum absolute atomic E-state index is 9.80. The van der Waals surface area contributed by atoms with E-state index >= 15 is 0 Å². The second-order valence-corrected chi connectivity index (χ2v) is 22.9. The molecule has 9 aromatic rings. The second kappa shape index (κ2) is 50.6. The van der Waals surface area contributed by atoms with E-state index in [1.165, 1.54) is 51.0 Å². The van der Waals surface area contributed by atoms with Crippen molar-refractivity contribution in [1.29, 1.82) is 0 Å². The minimum absolute atomic E-state index is 0. The molecule has 0 bridgehead atoms. The van der Waals surface area contributed by atoms with Crippen molar-refractivity contribution in [1.82, 2.24) is 15.0 Å². The number of halogens is 4. The van der Waals surface area contributed by atoms with Crippen molar-refractivity contribution in [3.05, 3.63) is 206 Å². The highest BCUT2D eigenvalue weighted by Crippen LogP contribution is 2.37. The normalized spacial score (nSPS) is 9.44. The number of rotatable bonds is 12. The molecule has 2 aromatic heterocycles. The van der Waals surface area contributed by atoms with E-state index in [-0.39, 0.29) is 36.4 Å². The molecule has 0 saturated heterocycles. The van der Waals surface area contributed by atoms with Crippen LogP contribution in [0.25, 0.3) is 10.9 Å². The highest BCUT2D eigenvalue weighted by Gasteiger charge is 2.13. The first kappa shape index (κ1) is 84.9. The molecule has 13 N–H and O–H groups in total. The van der Waals surface area contributed by atoms with Gasteiger partial charge in [0.1, 0.15) is 23.0 Å². The SMILES string of the molecule is C.CC.CC.CCCCN=C(N)N.CCc1c[nH]c2ccccc12.CCc1cc(I)c(Oc2cc(I)c(O)c(I)c2)c(I)c1.CCc1ccc(O)c(O)c1.CCc1ccc(O)c(O)c1.CCc1ccc(O)cc1.CCc1cccc(O)c1.CCc1cnc[nH]1. The zero-order chi connectivity index (χ0) is 66.6. The molecule has 0 amide bonds. The number of nitrogens with one attached hydrogen (secondary N) is 2. The Labute approximate surface area is 585 Å². The number of nitrogens with zero attached hydrogens (tertiary/aromatic N) is 2. The van der Waals surface area contributed by atoms with Crippen LogP contribution >= 0.6 is 90.4 Å². The van der Waals surface area contributed by atoms with Gasteiger partial charge < -0.3 is 61.9 Å². The maximum atomic E-state index is 9.80. The molecule has 2 heterocycles. The van der Waals surface area contributed by atoms with Crippen molar-refractivity contribution in [3.8, 4) is 51.7 Å². The fraction of sp³-hybridized carbons (Fsp3) is 0.324. The molecule has 0 radical (unpaired) electrons. The molecular formula is C71H98I4N6O8. The van der Waals surface area contributed by atoms with Crippen LogP contribution in [0.1, 0.15) is 142 Å². The number of unbranched alkanes of at least 4 members (excludes halogenated alkanes) is 1. The Kier molecular flexibility index (Phi) is 48.3. The lowest BCUT2D eigenvalue weighted by Crippen LogP contribution is -2.22. The van der Waals surface area contributed by atoms with Crippen LogP contribution in [0.4, 0.5) is 0 Å². The molecule has 0 saturated carbocycles. The quantitative estimate of drug-likeness (QED) is 0.0180. The highest BCUT2D eigenvalue weighted by atomic mass is 127. The number of aryl methyl sites for hydroxylation is 7. The smallest absolute Gasteiger partial charge is 0.185 e. The average Bonchev–Trinajstić information content (AvgIpc) is 2.34. The molecular weight excluding hydrogens is 1570 g/mol. The molecule has 0 aliphatic carbocycles. The summed E-state index contributed by atoms with van der Waals surface area (Å²) < 4.78 is 9.81. The molecule has 0 aliphatic rings. The third-order valence-electron chi connectivity index (χ3n) is 12.0. The Morgan fingerprint density at radius 2 is 0.989 bits per heavy atom. The van der Waals surface area contributed by atoms with Gasteiger partial charge in [-0.3, -0.25) is 4.99 Å². The summed E-state index contributed by atoms with van der Waals surface area (Å²) in [5.74, 6) is 2.62. The standard InChI is InChI=1S/C14H10I4O2.C10H11N.2C8H10O2.2C8H10O.C5H13N3.C5H8N2.2C2H6.CH4/c1-2-7-3-11(17)14(12(18)4-7)20-8-5-9(15)13(19)10(16)6-8;1-2-8-7-11-10-6-4-3-5-9(8)10;2*1-2-6-3-4-7(9)8(10)5-6;1-2-7-3-5-8(9)6-4-7;1-2-7-4-3-5-8(9)6-7;1-2-3-4-8-5(6)7;1-2-5-3-6-4-7-5;2*1-2;/h3-6,19H,2H2,1H3;3-7,11H,2H2,1H3;2*3-5,9-10H,2H2,1H3;2*3-6,9H,2H2,1H3;2-4H2,1H3,(H4,6,7,8);3-4H,2H2,1H3,(H,6,7);2*1-2H3;1H4. The van der Waals surface area contributed by atoms with Crippen LogP contribution in [-0.4, -0.2) is 63.2 Å². The number of phenolic OH excluding ortho intramolecular Hbond substituents is 7. The van der Waals surface area contributed by atoms with E-state index < -0.39 is 0 Å². The van der Waals surface area contributed by atoms with E-state index in [4.69, 9.17) is 46.8 Å². The first-order chi connectivity index (χ1) is 42.2. The van der Waals surface area contributed by atoms with Gasteiger partial charge in [0.05, 0.1) is 20.6 Å². The molecule has 0 spiro atoms. The number of aliphatic imine (C=N–C) groups is 1. The summed E-state index contributed by atoms with van der Waals surface area (Å²) in [4.78, 5) is 13.8. The summed E-state index contributed by atoms with van der Waals surface area (Å²) in [5.41, 5.74) is 19.7. The molecule has 7 aromatic carbocycles. The number of aromatic nitrogens is 3. The van der Waals surface area contributed by atoms with Crippen LogP contribution in [0.15, 0.2) is 157 Å². The first-order valence-corrected chi connectivity index (χ1v) is 34.0. The second-order valence-electron chi connectivity index (χ2n) is 18.3. The number of aromatic hydroxyl groups is 7. The van der Waals surface area contributed by atoms with Crippen molar-refractivity contribution >= 4 is 107 Å². The maximum Gasteiger partial charge on any atom is 0.185 e. The summed E-state index contributed by atoms with van der Waals surface area (Å²) in [7, 11) is 0. The van der Waals surface area contributed by atoms with E-state index in [1.807, 2.05) is 84.1 Å². The number of guanidine groups is 1. The van der Waals surface area contributed by atoms with Gasteiger partial charge in [-0.2, -0.15) is 0 Å². The molecule has 0 aliphatic heterocycles. The fourth-order valence-electron chi connectivity index (χ4n) is 6.99. The van der Waals surface area contributed by atoms with Crippen molar-refractivity contribution < 1.29 is 40.5 Å². The number of H-pyrrole nitrogens is 2. The number of imidazole rings is 1. The number of aromatic amines is 2. The van der Waals surface area contributed by atoms with Crippen LogP contribution in [-0.2, 0) is 44.9 Å². The third-order valence-corrected chi connectivity index (χ3v) is 15.3. The number of phenols is 7. The van der Waals surface area contributed by atoms with Crippen LogP contribution in [0.3, 0.4) is 0 Å². The molecule has 18 heteroatoms. The van der Waals surface area contributed by atoms with Gasteiger partial charge in [0.25, 0.3) is 0 Å². The van der Waals surface area contributed by atoms with Crippen LogP contribution < -0.4 is 16.2 Å². The Hall–Kier alpha value is -6.12. The molecule has 14 nitrogen and oxygen atoms in total. The summed E-state index contributed by atoms with van der Waals surface area (Å²) in [5, 5.41) is 64.7. The number of benzene rings is 7. The average molecular weight is 1670 g/mol. The van der Waals surface area contributed by atoms with Gasteiger partial charge in [0, 0.05) is 35.5 Å². The van der Waals surface area contributed by atoms with Gasteiger partial charge in [-0.05, 0) is 254 Å². The molecule has 89 heavy (non-hydrogen) atoms. The zero-order valence-electron chi connectivity index (χ0n) is 53.1. The van der Waals surface area contributed by atoms with Gasteiger partial charge in [-0.15, -0.1) is 0 Å². The Morgan fingerprint density at radius 3 is 1.39 bits per heavy atom. The summed E-state index contributed by atoms with van der Waals surface area (Å²) in [6.45, 7) is 25.4. The van der Waals surface area contributed by atoms with Crippen molar-refractivity contribution in [2.45, 2.75) is 148 Å². The number of ether oxygens (including phenoxy) is 1. The summed E-state index contributed by atoms with van der Waals surface area (Å²) in [6.07, 6.45) is 14.7. The minimum atomic E-state index is -0.0581. The van der Waals surface area contributed by atoms with E-state index in [9.17, 15) is 5.11 Å². The van der Waals surface area contributed by atoms with Gasteiger partial charge >= 0.3 is 0 Å². The highest BCUT2D eigenvalue weighted by molar-refractivity contribution is 14.1. The molecule has 0 atom stereocenters. The number of fused-ring (bicyclic) bond motifs is 1. The summed E-state index contributed by atoms with van der Waals surface area (Å²) >= 11 is 8.82. The van der Waals surface area contributed by atoms with Crippen molar-refractivity contribution in [3.63, 3.8) is 0 Å². The predicted molar refractivity (Wildman–Crippen MR) is 409 cm³/mol. The first-order valence-electron chi connectivity index (χ1n) is 29.7. The molecule has 488 valence electrons. The van der Waals surface area contributed by atoms with Gasteiger partial charge in [-0.1, -0.05) is 152 Å². The van der Waals surface area contributed by atoms with Crippen LogP contribution in [0.5, 0.6) is 51.7 Å². The number of hydrogen-bond donors (Lipinski definition) is 11. The molecule has 0 unspecified atom stereocenters. The predicted octanol–water partition coefficient (Wildman–Crippen LogP) is 19.8. The zero-order valence-corrected chi connectivity index (χ0v) is 61.7. The minimum Gasteiger partial charge on any atom is -0.508 e. The molecule has 0 fully saturated rings. The Balaban J connectivity index is 0. The van der Waals surface area contributed by atoms with Gasteiger partial charge in [0.15, 0.2) is 34.7 Å². The van der Waals surface area contributed by atoms with E-state index in [2.05, 4.69) is 194 Å². The van der Waals surface area contributed by atoms with Crippen molar-refractivity contribution in [2.75, 3.05) is 6.54 Å². The third kappa shape index (κ3) is 35.2. The Bertz CT molecular complexity index is 3220.